The van der Waals surface area contributed by atoms with Crippen molar-refractivity contribution in [1.29, 1.82) is 0 Å². The molecule has 0 aromatic carbocycles. The number of hydrogen-bond acceptors (Lipinski definition) is 4. The quantitative estimate of drug-likeness (QED) is 0.232. The van der Waals surface area contributed by atoms with Crippen LogP contribution in [0.25, 0.3) is 0 Å². The van der Waals surface area contributed by atoms with E-state index in [1.165, 1.54) is 0 Å². The Balaban J connectivity index is -0.0000000417. The Labute approximate surface area is 110 Å². The van der Waals surface area contributed by atoms with Crippen molar-refractivity contribution in [2.24, 2.45) is 0 Å². The molecular weight excluding hydrogens is 178 g/mol. The summed E-state index contributed by atoms with van der Waals surface area (Å²) in [5, 5.41) is 0. The Morgan fingerprint density at radius 3 is 1.89 bits per heavy atom. The summed E-state index contributed by atoms with van der Waals surface area (Å²) in [6.07, 6.45) is 0. The third-order valence-electron chi connectivity index (χ3n) is 0.262. The molecule has 0 radical (unpaired) electrons. The minimum atomic E-state index is 0. The predicted molar refractivity (Wildman–Crippen MR) is 33.5 cm³/mol. The van der Waals surface area contributed by atoms with Crippen molar-refractivity contribution in [3.63, 3.8) is 0 Å². The minimum Gasteiger partial charge on any atom is -0.870 e. The second kappa shape index (κ2) is 16.6. The third-order valence-corrected chi connectivity index (χ3v) is 0.498. The number of rotatable bonds is 1. The molecular formula is C3H6Na2O2S2. The number of thiocarbonyl (C=S) groups is 1. The van der Waals surface area contributed by atoms with Gasteiger partial charge in [0, 0.05) is 4.38 Å². The van der Waals surface area contributed by atoms with Crippen molar-refractivity contribution in [1.82, 2.24) is 0 Å². The van der Waals surface area contributed by atoms with E-state index in [0.717, 1.165) is 0 Å². The first-order chi connectivity index (χ1) is 2.77. The molecule has 0 aliphatic rings. The Hall–Kier alpha value is 2.07. The van der Waals surface area contributed by atoms with E-state index in [-0.39, 0.29) is 69.0 Å². The van der Waals surface area contributed by atoms with E-state index in [9.17, 15) is 0 Å². The van der Waals surface area contributed by atoms with Crippen LogP contribution in [0.5, 0.6) is 0 Å². The summed E-state index contributed by atoms with van der Waals surface area (Å²) < 4.78 is 4.79. The Morgan fingerprint density at radius 2 is 1.89 bits per heavy atom. The molecule has 0 atom stereocenters. The molecule has 2 nitrogen and oxygen atoms in total. The van der Waals surface area contributed by atoms with Gasteiger partial charge in [-0.2, -0.15) is 0 Å². The number of ether oxygens (including phenoxy) is 1. The first-order valence-corrected chi connectivity index (χ1v) is 2.42. The fourth-order valence-electron chi connectivity index (χ4n) is 0.118. The topological polar surface area (TPSA) is 39.2 Å². The van der Waals surface area contributed by atoms with Crippen LogP contribution < -0.4 is 59.1 Å². The summed E-state index contributed by atoms with van der Waals surface area (Å²) >= 11 is 8.77. The van der Waals surface area contributed by atoms with Crippen molar-refractivity contribution >= 4 is 29.2 Å². The SMILES string of the molecule is CCOC(=S)[S-].[Na+].[Na+].[OH-]. The molecule has 6 heteroatoms. The maximum Gasteiger partial charge on any atom is 1.00 e. The van der Waals surface area contributed by atoms with Crippen molar-refractivity contribution in [2.45, 2.75) is 6.92 Å². The minimum absolute atomic E-state index is 0. The summed E-state index contributed by atoms with van der Waals surface area (Å²) in [5.41, 5.74) is 0. The summed E-state index contributed by atoms with van der Waals surface area (Å²) in [7, 11) is 0. The smallest absolute Gasteiger partial charge is 0.870 e. The van der Waals surface area contributed by atoms with Crippen LogP contribution >= 0.6 is 12.2 Å². The number of hydrogen-bond donors (Lipinski definition) is 0. The average molecular weight is 184 g/mol. The molecule has 0 bridgehead atoms. The van der Waals surface area contributed by atoms with E-state index in [1.807, 2.05) is 6.92 Å². The standard InChI is InChI=1S/C3H6OS2.2Na.H2O/c1-2-4-3(5)6;;;/h2H2,1H3,(H,5,6);;;1H2/q;2*+1;/p-2. The van der Waals surface area contributed by atoms with E-state index in [2.05, 4.69) is 29.6 Å². The zero-order valence-electron chi connectivity index (χ0n) is 5.88. The Morgan fingerprint density at radius 1 is 1.56 bits per heavy atom. The van der Waals surface area contributed by atoms with E-state index < -0.39 is 0 Å². The van der Waals surface area contributed by atoms with Gasteiger partial charge in [0.1, 0.15) is 0 Å². The molecule has 9 heavy (non-hydrogen) atoms. The molecule has 1 N–H and O–H groups in total. The van der Waals surface area contributed by atoms with Gasteiger partial charge in [-0.1, -0.05) is 0 Å². The predicted octanol–water partition coefficient (Wildman–Crippen LogP) is -5.31. The molecule has 0 unspecified atom stereocenters. The third kappa shape index (κ3) is 25.5. The summed E-state index contributed by atoms with van der Waals surface area (Å²) in [6.45, 7) is 2.43. The summed E-state index contributed by atoms with van der Waals surface area (Å²) in [5.74, 6) is 0. The van der Waals surface area contributed by atoms with Gasteiger partial charge in [-0.05, 0) is 6.92 Å². The fourth-order valence-corrected chi connectivity index (χ4v) is 0.354. The molecule has 44 valence electrons. The second-order valence-electron chi connectivity index (χ2n) is 0.683. The molecule has 0 saturated heterocycles. The molecule has 0 amide bonds. The van der Waals surface area contributed by atoms with Gasteiger partial charge in [-0.15, -0.1) is 0 Å². The van der Waals surface area contributed by atoms with Crippen LogP contribution in [0.4, 0.5) is 0 Å². The fraction of sp³-hybridized carbons (Fsp3) is 0.667. The van der Waals surface area contributed by atoms with Crippen molar-refractivity contribution < 1.29 is 69.3 Å². The zero-order valence-corrected chi connectivity index (χ0v) is 11.5. The maximum absolute atomic E-state index is 4.59. The van der Waals surface area contributed by atoms with Gasteiger partial charge in [0.05, 0.1) is 6.61 Å². The van der Waals surface area contributed by atoms with Crippen molar-refractivity contribution in [2.75, 3.05) is 6.61 Å². The van der Waals surface area contributed by atoms with Gasteiger partial charge in [-0.25, -0.2) is 0 Å². The normalized spacial score (nSPS) is 5.00. The molecule has 0 aromatic rings. The van der Waals surface area contributed by atoms with Crippen LogP contribution in [-0.2, 0) is 17.4 Å². The largest absolute Gasteiger partial charge is 1.00 e. The van der Waals surface area contributed by atoms with Crippen LogP contribution in [0.3, 0.4) is 0 Å². The van der Waals surface area contributed by atoms with Crippen LogP contribution in [-0.4, -0.2) is 16.5 Å². The van der Waals surface area contributed by atoms with Gasteiger partial charge in [0.15, 0.2) is 0 Å². The van der Waals surface area contributed by atoms with Gasteiger partial charge in [0.2, 0.25) is 0 Å². The molecule has 0 heterocycles. The monoisotopic (exact) mass is 184 g/mol. The van der Waals surface area contributed by atoms with Crippen LogP contribution in [0.15, 0.2) is 0 Å². The first kappa shape index (κ1) is 22.5. The van der Waals surface area contributed by atoms with Crippen LogP contribution in [0.1, 0.15) is 6.92 Å². The van der Waals surface area contributed by atoms with Gasteiger partial charge in [0.25, 0.3) is 0 Å². The molecule has 0 fully saturated rings. The van der Waals surface area contributed by atoms with Gasteiger partial charge in [-0.3, -0.25) is 0 Å². The second-order valence-corrected chi connectivity index (χ2v) is 1.68. The Bertz CT molecular complexity index is 61.8. The summed E-state index contributed by atoms with van der Waals surface area (Å²) in [4.78, 5) is 0. The van der Waals surface area contributed by atoms with Crippen molar-refractivity contribution in [3.8, 4) is 0 Å². The molecule has 0 saturated carbocycles. The van der Waals surface area contributed by atoms with E-state index in [4.69, 9.17) is 0 Å². The van der Waals surface area contributed by atoms with Crippen LogP contribution in [0, 0.1) is 0 Å². The molecule has 0 aromatic heterocycles. The average Bonchev–Trinajstić information content (AvgIpc) is 1.35. The molecule has 0 aliphatic carbocycles. The van der Waals surface area contributed by atoms with E-state index in [1.54, 1.807) is 0 Å². The van der Waals surface area contributed by atoms with Gasteiger partial charge >= 0.3 is 59.1 Å². The maximum atomic E-state index is 4.59. The Kier molecular flexibility index (Phi) is 41.4. The van der Waals surface area contributed by atoms with Gasteiger partial charge < -0.3 is 35.1 Å². The van der Waals surface area contributed by atoms with Crippen LogP contribution in [0.2, 0.25) is 0 Å². The molecule has 0 aliphatic heterocycles. The van der Waals surface area contributed by atoms with Crippen molar-refractivity contribution in [3.05, 3.63) is 0 Å². The first-order valence-electron chi connectivity index (χ1n) is 1.61. The van der Waals surface area contributed by atoms with E-state index in [0.29, 0.717) is 6.61 Å². The summed E-state index contributed by atoms with van der Waals surface area (Å²) in [6, 6.07) is 0. The zero-order chi connectivity index (χ0) is 4.99. The molecule has 0 spiro atoms. The van der Waals surface area contributed by atoms with E-state index >= 15 is 0 Å². The molecule has 0 rings (SSSR count).